The molecule has 0 radical (unpaired) electrons. The lowest BCUT2D eigenvalue weighted by atomic mass is 9.88. The van der Waals surface area contributed by atoms with Crippen molar-refractivity contribution >= 4 is 11.7 Å². The summed E-state index contributed by atoms with van der Waals surface area (Å²) in [6, 6.07) is 3.94. The Morgan fingerprint density at radius 2 is 2.06 bits per heavy atom. The van der Waals surface area contributed by atoms with Crippen LogP contribution >= 0.6 is 0 Å². The summed E-state index contributed by atoms with van der Waals surface area (Å²) in [6.07, 6.45) is 1.85. The number of hydrogen-bond donors (Lipinski definition) is 2. The fraction of sp³-hybridized carbons (Fsp3) is 0.538. The number of aromatic nitrogens is 1. The van der Waals surface area contributed by atoms with Gasteiger partial charge in [-0.25, -0.2) is 4.98 Å². The molecule has 2 N–H and O–H groups in total. The lowest BCUT2D eigenvalue weighted by Gasteiger charge is -2.18. The van der Waals surface area contributed by atoms with Gasteiger partial charge in [-0.05, 0) is 24.0 Å². The van der Waals surface area contributed by atoms with Crippen molar-refractivity contribution < 1.29 is 4.79 Å². The molecule has 0 aliphatic heterocycles. The van der Waals surface area contributed by atoms with E-state index in [0.29, 0.717) is 6.54 Å². The quantitative estimate of drug-likeness (QED) is 0.838. The standard InChI is InChI=1S/C13H21N3O/c1-5-14-12(17)9-16-11-7-6-10(8-15-11)13(2,3)4/h6-8H,5,9H2,1-4H3,(H,14,17)(H,15,16). The Bertz CT molecular complexity index is 365. The number of rotatable bonds is 4. The van der Waals surface area contributed by atoms with Crippen molar-refractivity contribution in [3.8, 4) is 0 Å². The highest BCUT2D eigenvalue weighted by molar-refractivity contribution is 5.80. The minimum atomic E-state index is -0.0193. The van der Waals surface area contributed by atoms with Crippen molar-refractivity contribution in [2.24, 2.45) is 0 Å². The van der Waals surface area contributed by atoms with Gasteiger partial charge in [0.05, 0.1) is 6.54 Å². The van der Waals surface area contributed by atoms with Crippen molar-refractivity contribution in [3.05, 3.63) is 23.9 Å². The Labute approximate surface area is 103 Å². The minimum Gasteiger partial charge on any atom is -0.361 e. The first kappa shape index (κ1) is 13.5. The average molecular weight is 235 g/mol. The lowest BCUT2D eigenvalue weighted by Crippen LogP contribution is -2.29. The molecule has 0 aliphatic carbocycles. The molecule has 0 aliphatic rings. The maximum atomic E-state index is 11.2. The summed E-state index contributed by atoms with van der Waals surface area (Å²) in [7, 11) is 0. The lowest BCUT2D eigenvalue weighted by molar-refractivity contribution is -0.119. The Morgan fingerprint density at radius 1 is 1.35 bits per heavy atom. The molecule has 94 valence electrons. The van der Waals surface area contributed by atoms with E-state index >= 15 is 0 Å². The minimum absolute atomic E-state index is 0.0193. The number of carbonyl (C=O) groups excluding carboxylic acids is 1. The van der Waals surface area contributed by atoms with E-state index in [-0.39, 0.29) is 17.9 Å². The molecular weight excluding hydrogens is 214 g/mol. The van der Waals surface area contributed by atoms with Gasteiger partial charge in [-0.1, -0.05) is 26.8 Å². The molecule has 0 saturated carbocycles. The van der Waals surface area contributed by atoms with Crippen LogP contribution in [0, 0.1) is 0 Å². The van der Waals surface area contributed by atoms with Crippen LogP contribution in [0.1, 0.15) is 33.3 Å². The molecule has 0 bridgehead atoms. The van der Waals surface area contributed by atoms with E-state index in [0.717, 1.165) is 5.82 Å². The largest absolute Gasteiger partial charge is 0.361 e. The van der Waals surface area contributed by atoms with Gasteiger partial charge in [-0.2, -0.15) is 0 Å². The second-order valence-corrected chi connectivity index (χ2v) is 4.99. The molecule has 0 unspecified atom stereocenters. The topological polar surface area (TPSA) is 54.0 Å². The van der Waals surface area contributed by atoms with E-state index in [2.05, 4.69) is 36.4 Å². The summed E-state index contributed by atoms with van der Waals surface area (Å²) in [6.45, 7) is 9.24. The molecule has 4 heteroatoms. The van der Waals surface area contributed by atoms with Crippen LogP contribution in [0.4, 0.5) is 5.82 Å². The number of carbonyl (C=O) groups is 1. The van der Waals surface area contributed by atoms with Crippen LogP contribution in [0.25, 0.3) is 0 Å². The number of likely N-dealkylation sites (N-methyl/N-ethyl adjacent to an activating group) is 1. The number of hydrogen-bond acceptors (Lipinski definition) is 3. The van der Waals surface area contributed by atoms with Crippen LogP contribution in [0.2, 0.25) is 0 Å². The number of pyridine rings is 1. The molecule has 0 saturated heterocycles. The van der Waals surface area contributed by atoms with Crippen LogP contribution in [-0.2, 0) is 10.2 Å². The van der Waals surface area contributed by atoms with Gasteiger partial charge in [0.15, 0.2) is 0 Å². The van der Waals surface area contributed by atoms with Crippen LogP contribution < -0.4 is 10.6 Å². The Balaban J connectivity index is 2.54. The average Bonchev–Trinajstić information content (AvgIpc) is 2.26. The van der Waals surface area contributed by atoms with Gasteiger partial charge in [0.2, 0.25) is 5.91 Å². The zero-order valence-electron chi connectivity index (χ0n) is 11.0. The third-order valence-electron chi connectivity index (χ3n) is 2.43. The molecule has 0 spiro atoms. The highest BCUT2D eigenvalue weighted by Gasteiger charge is 2.13. The van der Waals surface area contributed by atoms with Gasteiger partial charge in [0.1, 0.15) is 5.82 Å². The molecule has 17 heavy (non-hydrogen) atoms. The third kappa shape index (κ3) is 4.43. The molecule has 0 atom stereocenters. The highest BCUT2D eigenvalue weighted by Crippen LogP contribution is 2.21. The van der Waals surface area contributed by atoms with Gasteiger partial charge in [0, 0.05) is 12.7 Å². The maximum absolute atomic E-state index is 11.2. The van der Waals surface area contributed by atoms with Crippen LogP contribution in [-0.4, -0.2) is 24.0 Å². The zero-order valence-corrected chi connectivity index (χ0v) is 11.0. The predicted molar refractivity (Wildman–Crippen MR) is 70.1 cm³/mol. The first-order valence-corrected chi connectivity index (χ1v) is 5.90. The van der Waals surface area contributed by atoms with Crippen LogP contribution in [0.3, 0.4) is 0 Å². The second-order valence-electron chi connectivity index (χ2n) is 4.99. The van der Waals surface area contributed by atoms with Crippen molar-refractivity contribution in [2.45, 2.75) is 33.1 Å². The van der Waals surface area contributed by atoms with E-state index in [9.17, 15) is 4.79 Å². The first-order chi connectivity index (χ1) is 7.93. The highest BCUT2D eigenvalue weighted by atomic mass is 16.1. The fourth-order valence-corrected chi connectivity index (χ4v) is 1.37. The number of anilines is 1. The summed E-state index contributed by atoms with van der Waals surface area (Å²) in [5, 5.41) is 5.71. The summed E-state index contributed by atoms with van der Waals surface area (Å²) in [5.41, 5.74) is 1.28. The molecule has 1 rings (SSSR count). The molecule has 4 nitrogen and oxygen atoms in total. The van der Waals surface area contributed by atoms with Crippen LogP contribution in [0.15, 0.2) is 18.3 Å². The SMILES string of the molecule is CCNC(=O)CNc1ccc(C(C)(C)C)cn1. The molecule has 1 aromatic rings. The van der Waals surface area contributed by atoms with Gasteiger partial charge in [0.25, 0.3) is 0 Å². The predicted octanol–water partition coefficient (Wildman–Crippen LogP) is 1.93. The van der Waals surface area contributed by atoms with Gasteiger partial charge < -0.3 is 10.6 Å². The number of amides is 1. The molecule has 1 aromatic heterocycles. The van der Waals surface area contributed by atoms with E-state index in [4.69, 9.17) is 0 Å². The van der Waals surface area contributed by atoms with Crippen molar-refractivity contribution in [2.75, 3.05) is 18.4 Å². The molecule has 0 fully saturated rings. The fourth-order valence-electron chi connectivity index (χ4n) is 1.37. The van der Waals surface area contributed by atoms with Crippen LogP contribution in [0.5, 0.6) is 0 Å². The van der Waals surface area contributed by atoms with Crippen molar-refractivity contribution in [1.29, 1.82) is 0 Å². The smallest absolute Gasteiger partial charge is 0.239 e. The van der Waals surface area contributed by atoms with E-state index in [1.807, 2.05) is 25.3 Å². The van der Waals surface area contributed by atoms with E-state index in [1.54, 1.807) is 0 Å². The summed E-state index contributed by atoms with van der Waals surface area (Å²) >= 11 is 0. The summed E-state index contributed by atoms with van der Waals surface area (Å²) in [4.78, 5) is 15.5. The molecular formula is C13H21N3O. The summed E-state index contributed by atoms with van der Waals surface area (Å²) < 4.78 is 0. The summed E-state index contributed by atoms with van der Waals surface area (Å²) in [5.74, 6) is 0.707. The zero-order chi connectivity index (χ0) is 12.9. The van der Waals surface area contributed by atoms with Gasteiger partial charge in [-0.15, -0.1) is 0 Å². The Hall–Kier alpha value is -1.58. The second kappa shape index (κ2) is 5.66. The van der Waals surface area contributed by atoms with Crippen molar-refractivity contribution in [1.82, 2.24) is 10.3 Å². The molecule has 1 amide bonds. The van der Waals surface area contributed by atoms with E-state index < -0.39 is 0 Å². The molecule has 0 aromatic carbocycles. The monoisotopic (exact) mass is 235 g/mol. The van der Waals surface area contributed by atoms with Crippen molar-refractivity contribution in [3.63, 3.8) is 0 Å². The number of nitrogens with one attached hydrogen (secondary N) is 2. The van der Waals surface area contributed by atoms with Gasteiger partial charge in [-0.3, -0.25) is 4.79 Å². The third-order valence-corrected chi connectivity index (χ3v) is 2.43. The Kier molecular flexibility index (Phi) is 4.49. The molecule has 1 heterocycles. The van der Waals surface area contributed by atoms with E-state index in [1.165, 1.54) is 5.56 Å². The maximum Gasteiger partial charge on any atom is 0.239 e. The van der Waals surface area contributed by atoms with Gasteiger partial charge >= 0.3 is 0 Å². The Morgan fingerprint density at radius 3 is 2.53 bits per heavy atom. The normalized spacial score (nSPS) is 11.1. The first-order valence-electron chi connectivity index (χ1n) is 5.90. The number of nitrogens with zero attached hydrogens (tertiary/aromatic N) is 1.